The number of carbonyl (C=O) groups excluding carboxylic acids is 1. The Morgan fingerprint density at radius 1 is 1.04 bits per heavy atom. The van der Waals surface area contributed by atoms with Gasteiger partial charge in [-0.2, -0.15) is 5.26 Å². The molecule has 2 aromatic carbocycles. The van der Waals surface area contributed by atoms with E-state index in [4.69, 9.17) is 14.2 Å². The molecule has 0 fully saturated rings. The largest absolute Gasteiger partial charge is 0.493 e. The summed E-state index contributed by atoms with van der Waals surface area (Å²) in [6.45, 7) is 3.80. The zero-order valence-electron chi connectivity index (χ0n) is 16.0. The van der Waals surface area contributed by atoms with Crippen LogP contribution in [0.25, 0.3) is 6.08 Å². The maximum absolute atomic E-state index is 12.6. The Hall–Kier alpha value is -3.46. The van der Waals surface area contributed by atoms with Crippen LogP contribution in [0.4, 0.5) is 5.69 Å². The highest BCUT2D eigenvalue weighted by molar-refractivity contribution is 6.10. The number of nitrogens with one attached hydrogen (secondary N) is 1. The topological polar surface area (TPSA) is 80.6 Å². The lowest BCUT2D eigenvalue weighted by Crippen LogP contribution is -2.15. The molecule has 0 bridgehead atoms. The minimum absolute atomic E-state index is 0.0353. The summed E-state index contributed by atoms with van der Waals surface area (Å²) in [5, 5.41) is 12.3. The molecule has 6 heteroatoms. The lowest BCUT2D eigenvalue weighted by molar-refractivity contribution is -0.112. The predicted molar refractivity (Wildman–Crippen MR) is 104 cm³/mol. The number of hydrogen-bond donors (Lipinski definition) is 1. The number of amides is 1. The number of anilines is 1. The Bertz CT molecular complexity index is 881. The number of nitriles is 1. The average molecular weight is 366 g/mol. The van der Waals surface area contributed by atoms with Crippen molar-refractivity contribution in [3.63, 3.8) is 0 Å². The molecule has 1 amide bonds. The zero-order chi connectivity index (χ0) is 20.0. The van der Waals surface area contributed by atoms with Crippen molar-refractivity contribution in [3.05, 3.63) is 52.6 Å². The smallest absolute Gasteiger partial charge is 0.266 e. The molecule has 0 unspecified atom stereocenters. The van der Waals surface area contributed by atoms with E-state index in [0.29, 0.717) is 28.5 Å². The summed E-state index contributed by atoms with van der Waals surface area (Å²) in [4.78, 5) is 12.6. The fraction of sp³-hybridized carbons (Fsp3) is 0.238. The summed E-state index contributed by atoms with van der Waals surface area (Å²) in [5.41, 5.74) is 3.10. The first-order valence-corrected chi connectivity index (χ1v) is 8.24. The Morgan fingerprint density at radius 2 is 1.59 bits per heavy atom. The zero-order valence-corrected chi connectivity index (χ0v) is 16.0. The Balaban J connectivity index is 2.41. The number of hydrogen-bond acceptors (Lipinski definition) is 5. The molecule has 140 valence electrons. The van der Waals surface area contributed by atoms with Crippen LogP contribution in [-0.2, 0) is 4.79 Å². The first kappa shape index (κ1) is 19.9. The van der Waals surface area contributed by atoms with Gasteiger partial charge in [0.05, 0.1) is 21.3 Å². The first-order chi connectivity index (χ1) is 12.9. The van der Waals surface area contributed by atoms with Gasteiger partial charge in [-0.3, -0.25) is 4.79 Å². The van der Waals surface area contributed by atoms with E-state index in [-0.39, 0.29) is 5.57 Å². The lowest BCUT2D eigenvalue weighted by Gasteiger charge is -2.13. The number of para-hydroxylation sites is 1. The third-order valence-electron chi connectivity index (χ3n) is 4.08. The van der Waals surface area contributed by atoms with Gasteiger partial charge < -0.3 is 19.5 Å². The molecule has 2 aromatic rings. The summed E-state index contributed by atoms with van der Waals surface area (Å²) < 4.78 is 15.9. The van der Waals surface area contributed by atoms with Gasteiger partial charge in [0.25, 0.3) is 5.91 Å². The van der Waals surface area contributed by atoms with E-state index >= 15 is 0 Å². The maximum Gasteiger partial charge on any atom is 0.266 e. The highest BCUT2D eigenvalue weighted by Crippen LogP contribution is 2.38. The molecule has 27 heavy (non-hydrogen) atoms. The molecular weight excluding hydrogens is 344 g/mol. The second kappa shape index (κ2) is 8.77. The van der Waals surface area contributed by atoms with Crippen molar-refractivity contribution in [2.75, 3.05) is 26.6 Å². The van der Waals surface area contributed by atoms with Gasteiger partial charge in [0.1, 0.15) is 11.6 Å². The quantitative estimate of drug-likeness (QED) is 0.620. The number of benzene rings is 2. The Labute approximate surface area is 159 Å². The van der Waals surface area contributed by atoms with E-state index in [0.717, 1.165) is 11.1 Å². The summed E-state index contributed by atoms with van der Waals surface area (Å²) in [5.74, 6) is 0.838. The van der Waals surface area contributed by atoms with Crippen LogP contribution in [0.3, 0.4) is 0 Å². The second-order valence-electron chi connectivity index (χ2n) is 5.85. The standard InChI is InChI=1S/C21H22N2O4/c1-13-7-6-8-14(2)19(13)23-21(24)16(12-22)9-15-10-17(25-3)20(27-5)18(11-15)26-4/h6-11H,1-5H3,(H,23,24)/b16-9-. The van der Waals surface area contributed by atoms with Gasteiger partial charge in [-0.15, -0.1) is 0 Å². The fourth-order valence-corrected chi connectivity index (χ4v) is 2.69. The summed E-state index contributed by atoms with van der Waals surface area (Å²) in [7, 11) is 4.52. The van der Waals surface area contributed by atoms with Crippen LogP contribution in [-0.4, -0.2) is 27.2 Å². The molecule has 2 rings (SSSR count). The van der Waals surface area contributed by atoms with E-state index in [1.54, 1.807) is 12.1 Å². The molecule has 0 saturated heterocycles. The van der Waals surface area contributed by atoms with Crippen molar-refractivity contribution in [3.8, 4) is 23.3 Å². The maximum atomic E-state index is 12.6. The molecule has 0 aromatic heterocycles. The Morgan fingerprint density at radius 3 is 2.04 bits per heavy atom. The third-order valence-corrected chi connectivity index (χ3v) is 4.08. The molecule has 0 atom stereocenters. The van der Waals surface area contributed by atoms with Gasteiger partial charge in [-0.1, -0.05) is 18.2 Å². The average Bonchev–Trinajstić information content (AvgIpc) is 2.67. The monoisotopic (exact) mass is 366 g/mol. The van der Waals surface area contributed by atoms with E-state index in [9.17, 15) is 10.1 Å². The fourth-order valence-electron chi connectivity index (χ4n) is 2.69. The van der Waals surface area contributed by atoms with Crippen LogP contribution in [0.15, 0.2) is 35.9 Å². The SMILES string of the molecule is COc1cc(/C=C(/C#N)C(=O)Nc2c(C)cccc2C)cc(OC)c1OC. The lowest BCUT2D eigenvalue weighted by atomic mass is 10.1. The van der Waals surface area contributed by atoms with E-state index in [1.807, 2.05) is 38.1 Å². The predicted octanol–water partition coefficient (Wildman–Crippen LogP) is 3.87. The van der Waals surface area contributed by atoms with Crippen LogP contribution in [0.5, 0.6) is 17.2 Å². The van der Waals surface area contributed by atoms with E-state index < -0.39 is 5.91 Å². The molecule has 0 aliphatic carbocycles. The molecular formula is C21H22N2O4. The van der Waals surface area contributed by atoms with E-state index in [2.05, 4.69) is 5.32 Å². The van der Waals surface area contributed by atoms with Crippen LogP contribution in [0, 0.1) is 25.2 Å². The van der Waals surface area contributed by atoms with Gasteiger partial charge in [-0.05, 0) is 48.7 Å². The normalized spacial score (nSPS) is 10.7. The van der Waals surface area contributed by atoms with Gasteiger partial charge in [0, 0.05) is 5.69 Å². The van der Waals surface area contributed by atoms with Gasteiger partial charge in [0.15, 0.2) is 11.5 Å². The van der Waals surface area contributed by atoms with Gasteiger partial charge in [-0.25, -0.2) is 0 Å². The summed E-state index contributed by atoms with van der Waals surface area (Å²) in [6.07, 6.45) is 1.48. The van der Waals surface area contributed by atoms with Gasteiger partial charge in [0.2, 0.25) is 5.75 Å². The van der Waals surface area contributed by atoms with Crippen molar-refractivity contribution < 1.29 is 19.0 Å². The number of rotatable bonds is 6. The molecule has 1 N–H and O–H groups in total. The molecule has 0 spiro atoms. The van der Waals surface area contributed by atoms with Crippen molar-refractivity contribution in [1.82, 2.24) is 0 Å². The third kappa shape index (κ3) is 4.39. The first-order valence-electron chi connectivity index (χ1n) is 8.24. The number of nitrogens with zero attached hydrogens (tertiary/aromatic N) is 1. The molecule has 0 aliphatic heterocycles. The van der Waals surface area contributed by atoms with Crippen molar-refractivity contribution in [2.45, 2.75) is 13.8 Å². The van der Waals surface area contributed by atoms with Crippen LogP contribution >= 0.6 is 0 Å². The molecule has 6 nitrogen and oxygen atoms in total. The molecule has 0 saturated carbocycles. The second-order valence-corrected chi connectivity index (χ2v) is 5.85. The van der Waals surface area contributed by atoms with Crippen molar-refractivity contribution in [1.29, 1.82) is 5.26 Å². The minimum atomic E-state index is -0.483. The highest BCUT2D eigenvalue weighted by atomic mass is 16.5. The van der Waals surface area contributed by atoms with E-state index in [1.165, 1.54) is 27.4 Å². The number of carbonyl (C=O) groups is 1. The van der Waals surface area contributed by atoms with Crippen LogP contribution in [0.2, 0.25) is 0 Å². The minimum Gasteiger partial charge on any atom is -0.493 e. The van der Waals surface area contributed by atoms with Crippen LogP contribution in [0.1, 0.15) is 16.7 Å². The number of aryl methyl sites for hydroxylation is 2. The van der Waals surface area contributed by atoms with Crippen molar-refractivity contribution >= 4 is 17.7 Å². The van der Waals surface area contributed by atoms with Gasteiger partial charge >= 0.3 is 0 Å². The Kier molecular flexibility index (Phi) is 6.45. The number of ether oxygens (including phenoxy) is 3. The highest BCUT2D eigenvalue weighted by Gasteiger charge is 2.16. The molecule has 0 aliphatic rings. The van der Waals surface area contributed by atoms with Crippen molar-refractivity contribution in [2.24, 2.45) is 0 Å². The molecule has 0 heterocycles. The number of methoxy groups -OCH3 is 3. The van der Waals surface area contributed by atoms with Crippen LogP contribution < -0.4 is 19.5 Å². The molecule has 0 radical (unpaired) electrons. The summed E-state index contributed by atoms with van der Waals surface area (Å²) in [6, 6.07) is 11.0. The summed E-state index contributed by atoms with van der Waals surface area (Å²) >= 11 is 0.